The summed E-state index contributed by atoms with van der Waals surface area (Å²) in [5.74, 6) is 0.892. The molecule has 1 heterocycles. The first-order chi connectivity index (χ1) is 8.32. The second-order valence-corrected chi connectivity index (χ2v) is 5.93. The Balaban J connectivity index is 2.72. The molecule has 0 aromatic rings. The van der Waals surface area contributed by atoms with Gasteiger partial charge in [-0.3, -0.25) is 9.59 Å². The summed E-state index contributed by atoms with van der Waals surface area (Å²) in [7, 11) is 0. The summed E-state index contributed by atoms with van der Waals surface area (Å²) in [6, 6.07) is 0.180. The third-order valence-corrected chi connectivity index (χ3v) is 3.44. The van der Waals surface area contributed by atoms with Gasteiger partial charge in [0.05, 0.1) is 0 Å². The first-order valence-corrected chi connectivity index (χ1v) is 6.89. The van der Waals surface area contributed by atoms with Crippen LogP contribution >= 0.6 is 0 Å². The normalized spacial score (nSPS) is 20.7. The third kappa shape index (κ3) is 3.72. The first kappa shape index (κ1) is 15.0. The molecule has 0 radical (unpaired) electrons. The number of nitrogens with zero attached hydrogens (tertiary/aromatic N) is 2. The lowest BCUT2D eigenvalue weighted by atomic mass is 9.99. The SMILES string of the molecule is CC(=O)N1CCN(C(=O)C(C)C)C[C@H]1CC(C)C. The van der Waals surface area contributed by atoms with Gasteiger partial charge in [-0.05, 0) is 12.3 Å². The molecule has 0 spiro atoms. The Morgan fingerprint density at radius 1 is 1.17 bits per heavy atom. The number of hydrogen-bond acceptors (Lipinski definition) is 2. The molecule has 0 bridgehead atoms. The monoisotopic (exact) mass is 254 g/mol. The summed E-state index contributed by atoms with van der Waals surface area (Å²) >= 11 is 0. The lowest BCUT2D eigenvalue weighted by Crippen LogP contribution is -2.57. The molecule has 1 aliphatic rings. The van der Waals surface area contributed by atoms with E-state index in [1.165, 1.54) is 0 Å². The van der Waals surface area contributed by atoms with E-state index in [1.807, 2.05) is 23.6 Å². The lowest BCUT2D eigenvalue weighted by Gasteiger charge is -2.42. The van der Waals surface area contributed by atoms with Gasteiger partial charge in [0.15, 0.2) is 0 Å². The molecule has 1 aliphatic heterocycles. The third-order valence-electron chi connectivity index (χ3n) is 3.44. The average Bonchev–Trinajstić information content (AvgIpc) is 2.26. The summed E-state index contributed by atoms with van der Waals surface area (Å²) in [5, 5.41) is 0. The van der Waals surface area contributed by atoms with Gasteiger partial charge in [-0.15, -0.1) is 0 Å². The van der Waals surface area contributed by atoms with Gasteiger partial charge >= 0.3 is 0 Å². The van der Waals surface area contributed by atoms with E-state index in [0.717, 1.165) is 6.42 Å². The molecule has 0 saturated carbocycles. The molecule has 4 nitrogen and oxygen atoms in total. The van der Waals surface area contributed by atoms with Gasteiger partial charge in [0.1, 0.15) is 0 Å². The van der Waals surface area contributed by atoms with Gasteiger partial charge in [0.25, 0.3) is 0 Å². The van der Waals surface area contributed by atoms with Crippen LogP contribution in [-0.4, -0.2) is 47.3 Å². The largest absolute Gasteiger partial charge is 0.339 e. The Hall–Kier alpha value is -1.06. The molecular weight excluding hydrogens is 228 g/mol. The zero-order chi connectivity index (χ0) is 13.9. The van der Waals surface area contributed by atoms with Crippen molar-refractivity contribution < 1.29 is 9.59 Å². The summed E-state index contributed by atoms with van der Waals surface area (Å²) in [6.45, 7) is 11.8. The van der Waals surface area contributed by atoms with Crippen molar-refractivity contribution in [3.8, 4) is 0 Å². The molecule has 1 atom stereocenters. The predicted octanol–water partition coefficient (Wildman–Crippen LogP) is 1.75. The standard InChI is InChI=1S/C14H26N2O2/c1-10(2)8-13-9-15(14(18)11(3)4)6-7-16(13)12(5)17/h10-11,13H,6-9H2,1-5H3/t13-/m1/s1. The highest BCUT2D eigenvalue weighted by Crippen LogP contribution is 2.18. The van der Waals surface area contributed by atoms with Crippen LogP contribution in [0.4, 0.5) is 0 Å². The highest BCUT2D eigenvalue weighted by Gasteiger charge is 2.31. The Labute approximate surface area is 110 Å². The maximum Gasteiger partial charge on any atom is 0.225 e. The Kier molecular flexibility index (Phi) is 5.17. The fourth-order valence-electron chi connectivity index (χ4n) is 2.58. The van der Waals surface area contributed by atoms with Crippen molar-refractivity contribution in [2.75, 3.05) is 19.6 Å². The molecule has 0 N–H and O–H groups in total. The van der Waals surface area contributed by atoms with Gasteiger partial charge < -0.3 is 9.80 Å². The second-order valence-electron chi connectivity index (χ2n) is 5.93. The van der Waals surface area contributed by atoms with Crippen molar-refractivity contribution in [1.82, 2.24) is 9.80 Å². The molecule has 104 valence electrons. The van der Waals surface area contributed by atoms with Gasteiger partial charge in [0, 0.05) is 38.5 Å². The van der Waals surface area contributed by atoms with Crippen molar-refractivity contribution in [3.63, 3.8) is 0 Å². The van der Waals surface area contributed by atoms with Crippen LogP contribution in [0.1, 0.15) is 41.0 Å². The maximum atomic E-state index is 12.0. The number of hydrogen-bond donors (Lipinski definition) is 0. The Morgan fingerprint density at radius 3 is 2.22 bits per heavy atom. The van der Waals surface area contributed by atoms with E-state index in [9.17, 15) is 9.59 Å². The number of amides is 2. The topological polar surface area (TPSA) is 40.6 Å². The summed E-state index contributed by atoms with van der Waals surface area (Å²) in [5.41, 5.74) is 0. The van der Waals surface area contributed by atoms with Gasteiger partial charge in [-0.2, -0.15) is 0 Å². The molecule has 2 amide bonds. The van der Waals surface area contributed by atoms with Crippen LogP contribution in [0, 0.1) is 11.8 Å². The van der Waals surface area contributed by atoms with Crippen LogP contribution < -0.4 is 0 Å². The van der Waals surface area contributed by atoms with Crippen LogP contribution in [0.15, 0.2) is 0 Å². The van der Waals surface area contributed by atoms with Crippen LogP contribution in [0.3, 0.4) is 0 Å². The van der Waals surface area contributed by atoms with Crippen molar-refractivity contribution in [2.24, 2.45) is 11.8 Å². The van der Waals surface area contributed by atoms with E-state index in [1.54, 1.807) is 6.92 Å². The molecule has 1 rings (SSSR count). The molecule has 1 saturated heterocycles. The molecule has 0 unspecified atom stereocenters. The molecule has 0 aromatic heterocycles. The molecule has 18 heavy (non-hydrogen) atoms. The quantitative estimate of drug-likeness (QED) is 0.770. The lowest BCUT2D eigenvalue weighted by molar-refractivity contribution is -0.144. The average molecular weight is 254 g/mol. The molecule has 1 fully saturated rings. The van der Waals surface area contributed by atoms with Crippen LogP contribution in [0.5, 0.6) is 0 Å². The second kappa shape index (κ2) is 6.21. The molecular formula is C14H26N2O2. The minimum Gasteiger partial charge on any atom is -0.339 e. The number of rotatable bonds is 3. The summed E-state index contributed by atoms with van der Waals surface area (Å²) in [4.78, 5) is 27.5. The zero-order valence-electron chi connectivity index (χ0n) is 12.3. The minimum atomic E-state index is 0.0357. The number of piperazine rings is 1. The van der Waals surface area contributed by atoms with E-state index in [4.69, 9.17) is 0 Å². The fraction of sp³-hybridized carbons (Fsp3) is 0.857. The predicted molar refractivity (Wildman–Crippen MR) is 72.0 cm³/mol. The molecule has 0 aliphatic carbocycles. The van der Waals surface area contributed by atoms with Gasteiger partial charge in [-0.25, -0.2) is 0 Å². The van der Waals surface area contributed by atoms with Crippen LogP contribution in [-0.2, 0) is 9.59 Å². The first-order valence-electron chi connectivity index (χ1n) is 6.89. The van der Waals surface area contributed by atoms with Crippen molar-refractivity contribution in [3.05, 3.63) is 0 Å². The van der Waals surface area contributed by atoms with Crippen LogP contribution in [0.25, 0.3) is 0 Å². The van der Waals surface area contributed by atoms with E-state index in [0.29, 0.717) is 25.6 Å². The van der Waals surface area contributed by atoms with Crippen molar-refractivity contribution in [1.29, 1.82) is 0 Å². The van der Waals surface area contributed by atoms with E-state index < -0.39 is 0 Å². The van der Waals surface area contributed by atoms with E-state index >= 15 is 0 Å². The van der Waals surface area contributed by atoms with Gasteiger partial charge in [0.2, 0.25) is 11.8 Å². The molecule has 4 heteroatoms. The van der Waals surface area contributed by atoms with Crippen molar-refractivity contribution in [2.45, 2.75) is 47.1 Å². The highest BCUT2D eigenvalue weighted by molar-refractivity contribution is 5.79. The minimum absolute atomic E-state index is 0.0357. The Bertz CT molecular complexity index is 313. The highest BCUT2D eigenvalue weighted by atomic mass is 16.2. The van der Waals surface area contributed by atoms with E-state index in [2.05, 4.69) is 13.8 Å². The van der Waals surface area contributed by atoms with Crippen LogP contribution in [0.2, 0.25) is 0 Å². The van der Waals surface area contributed by atoms with Gasteiger partial charge in [-0.1, -0.05) is 27.7 Å². The number of carbonyl (C=O) groups excluding carboxylic acids is 2. The Morgan fingerprint density at radius 2 is 1.78 bits per heavy atom. The fourth-order valence-corrected chi connectivity index (χ4v) is 2.58. The zero-order valence-corrected chi connectivity index (χ0v) is 12.3. The summed E-state index contributed by atoms with van der Waals surface area (Å²) < 4.78 is 0. The smallest absolute Gasteiger partial charge is 0.225 e. The molecule has 0 aromatic carbocycles. The summed E-state index contributed by atoms with van der Waals surface area (Å²) in [6.07, 6.45) is 0.960. The van der Waals surface area contributed by atoms with Crippen molar-refractivity contribution >= 4 is 11.8 Å². The maximum absolute atomic E-state index is 12.0. The number of carbonyl (C=O) groups is 2. The van der Waals surface area contributed by atoms with E-state index in [-0.39, 0.29) is 23.8 Å².